The highest BCUT2D eigenvalue weighted by Gasteiger charge is 2.19. The Balaban J connectivity index is 1.51. The summed E-state index contributed by atoms with van der Waals surface area (Å²) in [5.41, 5.74) is 8.47. The van der Waals surface area contributed by atoms with Crippen molar-refractivity contribution in [1.82, 2.24) is 15.2 Å². The van der Waals surface area contributed by atoms with Gasteiger partial charge in [-0.15, -0.1) is 11.3 Å². The average molecular weight is 379 g/mol. The summed E-state index contributed by atoms with van der Waals surface area (Å²) in [5, 5.41) is 10.8. The van der Waals surface area contributed by atoms with Crippen molar-refractivity contribution in [3.63, 3.8) is 0 Å². The lowest BCUT2D eigenvalue weighted by molar-refractivity contribution is 0.0954. The first-order chi connectivity index (χ1) is 13.1. The molecule has 1 aliphatic rings. The second kappa shape index (κ2) is 7.48. The van der Waals surface area contributed by atoms with E-state index in [2.05, 4.69) is 15.6 Å². The lowest BCUT2D eigenvalue weighted by atomic mass is 9.96. The molecule has 1 N–H and O–H groups in total. The summed E-state index contributed by atoms with van der Waals surface area (Å²) in [4.78, 5) is 13.9. The van der Waals surface area contributed by atoms with Crippen molar-refractivity contribution in [2.75, 3.05) is 0 Å². The summed E-state index contributed by atoms with van der Waals surface area (Å²) in [6.45, 7) is 3.95. The van der Waals surface area contributed by atoms with E-state index >= 15 is 0 Å². The maximum absolute atomic E-state index is 12.5. The van der Waals surface area contributed by atoms with Crippen molar-refractivity contribution < 1.29 is 4.79 Å². The number of carbonyl (C=O) groups excluding carboxylic acids is 1. The molecule has 0 fully saturated rings. The van der Waals surface area contributed by atoms with Crippen LogP contribution in [-0.4, -0.2) is 21.9 Å². The Bertz CT molecular complexity index is 1000. The number of aryl methyl sites for hydroxylation is 2. The number of aromatic nitrogens is 2. The molecule has 0 atom stereocenters. The third kappa shape index (κ3) is 3.45. The number of hydrogen-bond acceptors (Lipinski definition) is 4. The fraction of sp³-hybridized carbons (Fsp3) is 0.286. The SMILES string of the molecule is Cc1nn(-c2ccccc2)c(C)c1/C=N/NC(=O)c1csc2c1CCCC2. The number of thiophene rings is 1. The van der Waals surface area contributed by atoms with Crippen molar-refractivity contribution in [2.45, 2.75) is 39.5 Å². The number of fused-ring (bicyclic) bond motifs is 1. The summed E-state index contributed by atoms with van der Waals surface area (Å²) < 4.78 is 1.90. The van der Waals surface area contributed by atoms with Gasteiger partial charge in [0.2, 0.25) is 0 Å². The quantitative estimate of drug-likeness (QED) is 0.546. The van der Waals surface area contributed by atoms with Gasteiger partial charge >= 0.3 is 0 Å². The Labute approximate surface area is 162 Å². The van der Waals surface area contributed by atoms with E-state index in [1.165, 1.54) is 16.9 Å². The Kier molecular flexibility index (Phi) is 4.90. The van der Waals surface area contributed by atoms with Crippen molar-refractivity contribution in [3.05, 3.63) is 68.7 Å². The van der Waals surface area contributed by atoms with Gasteiger partial charge in [-0.3, -0.25) is 4.79 Å². The Morgan fingerprint density at radius 3 is 2.81 bits per heavy atom. The highest BCUT2D eigenvalue weighted by molar-refractivity contribution is 7.10. The summed E-state index contributed by atoms with van der Waals surface area (Å²) in [7, 11) is 0. The normalized spacial score (nSPS) is 13.7. The molecular formula is C21H22N4OS. The number of rotatable bonds is 4. The van der Waals surface area contributed by atoms with Gasteiger partial charge in [-0.05, 0) is 57.2 Å². The van der Waals surface area contributed by atoms with Crippen molar-refractivity contribution in [1.29, 1.82) is 0 Å². The lowest BCUT2D eigenvalue weighted by Crippen LogP contribution is -2.19. The minimum atomic E-state index is -0.128. The van der Waals surface area contributed by atoms with Crippen LogP contribution in [-0.2, 0) is 12.8 Å². The highest BCUT2D eigenvalue weighted by atomic mass is 32.1. The number of para-hydroxylation sites is 1. The fourth-order valence-corrected chi connectivity index (χ4v) is 4.69. The molecule has 0 bridgehead atoms. The molecule has 27 heavy (non-hydrogen) atoms. The largest absolute Gasteiger partial charge is 0.272 e. The zero-order chi connectivity index (χ0) is 18.8. The van der Waals surface area contributed by atoms with E-state index in [1.54, 1.807) is 17.6 Å². The molecule has 5 nitrogen and oxygen atoms in total. The molecule has 1 amide bonds. The monoisotopic (exact) mass is 378 g/mol. The first-order valence-corrected chi connectivity index (χ1v) is 10.1. The van der Waals surface area contributed by atoms with Gasteiger partial charge in [0.1, 0.15) is 0 Å². The Morgan fingerprint density at radius 1 is 1.22 bits per heavy atom. The van der Waals surface area contributed by atoms with Gasteiger partial charge in [-0.1, -0.05) is 18.2 Å². The van der Waals surface area contributed by atoms with E-state index in [1.807, 2.05) is 54.2 Å². The molecule has 0 spiro atoms. The van der Waals surface area contributed by atoms with E-state index in [9.17, 15) is 4.79 Å². The zero-order valence-electron chi connectivity index (χ0n) is 15.5. The van der Waals surface area contributed by atoms with E-state index < -0.39 is 0 Å². The predicted molar refractivity (Wildman–Crippen MR) is 109 cm³/mol. The summed E-state index contributed by atoms with van der Waals surface area (Å²) in [6.07, 6.45) is 6.15. The minimum absolute atomic E-state index is 0.128. The van der Waals surface area contributed by atoms with Gasteiger partial charge < -0.3 is 0 Å². The second-order valence-corrected chi connectivity index (χ2v) is 7.75. The summed E-state index contributed by atoms with van der Waals surface area (Å²) in [5.74, 6) is -0.128. The van der Waals surface area contributed by atoms with Crippen LogP contribution in [0.3, 0.4) is 0 Å². The molecule has 3 aromatic rings. The van der Waals surface area contributed by atoms with Gasteiger partial charge in [0.25, 0.3) is 5.91 Å². The van der Waals surface area contributed by atoms with Gasteiger partial charge in [0, 0.05) is 15.8 Å². The minimum Gasteiger partial charge on any atom is -0.267 e. The van der Waals surface area contributed by atoms with E-state index in [4.69, 9.17) is 0 Å². The van der Waals surface area contributed by atoms with E-state index in [0.29, 0.717) is 0 Å². The third-order valence-electron chi connectivity index (χ3n) is 5.01. The molecule has 1 aromatic carbocycles. The first kappa shape index (κ1) is 17.7. The molecule has 0 unspecified atom stereocenters. The summed E-state index contributed by atoms with van der Waals surface area (Å²) >= 11 is 1.69. The second-order valence-electron chi connectivity index (χ2n) is 6.79. The molecule has 138 valence electrons. The molecule has 2 heterocycles. The maximum atomic E-state index is 12.5. The Hall–Kier alpha value is -2.73. The third-order valence-corrected chi connectivity index (χ3v) is 6.10. The molecule has 6 heteroatoms. The van der Waals surface area contributed by atoms with Gasteiger partial charge in [0.05, 0.1) is 28.9 Å². The Morgan fingerprint density at radius 2 is 2.00 bits per heavy atom. The van der Waals surface area contributed by atoms with Crippen LogP contribution in [0.4, 0.5) is 0 Å². The van der Waals surface area contributed by atoms with Crippen molar-refractivity contribution in [2.24, 2.45) is 5.10 Å². The van der Waals surface area contributed by atoms with Crippen LogP contribution in [0.25, 0.3) is 5.69 Å². The van der Waals surface area contributed by atoms with Crippen LogP contribution in [0.5, 0.6) is 0 Å². The number of carbonyl (C=O) groups is 1. The van der Waals surface area contributed by atoms with Crippen LogP contribution in [0, 0.1) is 13.8 Å². The highest BCUT2D eigenvalue weighted by Crippen LogP contribution is 2.30. The molecule has 4 rings (SSSR count). The molecule has 0 aliphatic heterocycles. The molecule has 0 radical (unpaired) electrons. The van der Waals surface area contributed by atoms with Crippen LogP contribution >= 0.6 is 11.3 Å². The smallest absolute Gasteiger partial charge is 0.267 e. The van der Waals surface area contributed by atoms with Gasteiger partial charge in [-0.2, -0.15) is 10.2 Å². The number of nitrogens with one attached hydrogen (secondary N) is 1. The first-order valence-electron chi connectivity index (χ1n) is 9.19. The lowest BCUT2D eigenvalue weighted by Gasteiger charge is -2.11. The zero-order valence-corrected chi connectivity index (χ0v) is 16.3. The van der Waals surface area contributed by atoms with Crippen LogP contribution in [0.15, 0.2) is 40.8 Å². The standard InChI is InChI=1S/C21H22N4OS/c1-14-18(15(2)25(24-14)16-8-4-3-5-9-16)12-22-23-21(26)19-13-27-20-11-7-6-10-17(19)20/h3-5,8-9,12-13H,6-7,10-11H2,1-2H3,(H,23,26)/b22-12+. The fourth-order valence-electron chi connectivity index (χ4n) is 3.56. The van der Waals surface area contributed by atoms with Crippen LogP contribution < -0.4 is 5.43 Å². The number of amides is 1. The average Bonchev–Trinajstić information content (AvgIpc) is 3.24. The van der Waals surface area contributed by atoms with E-state index in [-0.39, 0.29) is 5.91 Å². The van der Waals surface area contributed by atoms with Crippen LogP contribution in [0.1, 0.15) is 50.6 Å². The maximum Gasteiger partial charge on any atom is 0.272 e. The number of hydrazone groups is 1. The predicted octanol–water partition coefficient (Wildman–Crippen LogP) is 4.19. The van der Waals surface area contributed by atoms with Gasteiger partial charge in [0.15, 0.2) is 0 Å². The molecule has 0 saturated carbocycles. The molecule has 1 aliphatic carbocycles. The van der Waals surface area contributed by atoms with E-state index in [0.717, 1.165) is 47.5 Å². The summed E-state index contributed by atoms with van der Waals surface area (Å²) in [6, 6.07) is 9.99. The van der Waals surface area contributed by atoms with Gasteiger partial charge in [-0.25, -0.2) is 10.1 Å². The van der Waals surface area contributed by atoms with Crippen molar-refractivity contribution >= 4 is 23.5 Å². The topological polar surface area (TPSA) is 59.3 Å². The molecular weight excluding hydrogens is 356 g/mol. The number of benzene rings is 1. The molecule has 2 aromatic heterocycles. The van der Waals surface area contributed by atoms with Crippen molar-refractivity contribution in [3.8, 4) is 5.69 Å². The molecule has 0 saturated heterocycles. The van der Waals surface area contributed by atoms with Crippen LogP contribution in [0.2, 0.25) is 0 Å². The number of nitrogens with zero attached hydrogens (tertiary/aromatic N) is 3. The number of hydrogen-bond donors (Lipinski definition) is 1.